The third-order valence-corrected chi connectivity index (χ3v) is 3.31. The van der Waals surface area contributed by atoms with E-state index in [1.54, 1.807) is 0 Å². The summed E-state index contributed by atoms with van der Waals surface area (Å²) in [5.41, 5.74) is 0. The van der Waals surface area contributed by atoms with Gasteiger partial charge in [0.05, 0.1) is 32.5 Å². The molecule has 0 aromatic heterocycles. The minimum atomic E-state index is -0.359. The van der Waals surface area contributed by atoms with Crippen molar-refractivity contribution in [2.75, 3.05) is 33.0 Å². The Morgan fingerprint density at radius 3 is 2.28 bits per heavy atom. The minimum absolute atomic E-state index is 0.297. The summed E-state index contributed by atoms with van der Waals surface area (Å²) in [5, 5.41) is 13.0. The Balaban J connectivity index is 3.21. The van der Waals surface area contributed by atoms with Gasteiger partial charge in [-0.3, -0.25) is 0 Å². The zero-order chi connectivity index (χ0) is 13.8. The van der Waals surface area contributed by atoms with Crippen molar-refractivity contribution >= 4 is 0 Å². The molecule has 0 bridgehead atoms. The summed E-state index contributed by atoms with van der Waals surface area (Å²) in [6, 6.07) is 0.551. The lowest BCUT2D eigenvalue weighted by molar-refractivity contribution is -0.0142. The SMILES string of the molecule is CCC(C)NCCOCCOCC(O)C(C)CC. The van der Waals surface area contributed by atoms with E-state index >= 15 is 0 Å². The number of aliphatic hydroxyl groups excluding tert-OH is 1. The topological polar surface area (TPSA) is 50.7 Å². The smallest absolute Gasteiger partial charge is 0.0799 e. The van der Waals surface area contributed by atoms with Crippen molar-refractivity contribution in [1.29, 1.82) is 0 Å². The summed E-state index contributed by atoms with van der Waals surface area (Å²) in [6.07, 6.45) is 1.75. The van der Waals surface area contributed by atoms with E-state index in [1.165, 1.54) is 0 Å². The van der Waals surface area contributed by atoms with E-state index in [-0.39, 0.29) is 6.10 Å². The number of rotatable bonds is 12. The molecule has 2 N–H and O–H groups in total. The summed E-state index contributed by atoms with van der Waals surface area (Å²) in [6.45, 7) is 11.6. The maximum Gasteiger partial charge on any atom is 0.0799 e. The Morgan fingerprint density at radius 2 is 1.67 bits per heavy atom. The molecule has 4 nitrogen and oxygen atoms in total. The largest absolute Gasteiger partial charge is 0.390 e. The first-order valence-corrected chi connectivity index (χ1v) is 7.18. The van der Waals surface area contributed by atoms with E-state index in [0.717, 1.165) is 19.4 Å². The molecular weight excluding hydrogens is 230 g/mol. The van der Waals surface area contributed by atoms with Crippen molar-refractivity contribution in [3.63, 3.8) is 0 Å². The molecule has 0 aliphatic rings. The lowest BCUT2D eigenvalue weighted by Gasteiger charge is -2.17. The molecule has 0 amide bonds. The first-order valence-electron chi connectivity index (χ1n) is 7.18. The first kappa shape index (κ1) is 17.8. The molecule has 0 rings (SSSR count). The van der Waals surface area contributed by atoms with E-state index < -0.39 is 0 Å². The van der Waals surface area contributed by atoms with Gasteiger partial charge in [0.1, 0.15) is 0 Å². The van der Waals surface area contributed by atoms with Gasteiger partial charge in [0.15, 0.2) is 0 Å². The van der Waals surface area contributed by atoms with Gasteiger partial charge >= 0.3 is 0 Å². The van der Waals surface area contributed by atoms with Crippen molar-refractivity contribution < 1.29 is 14.6 Å². The minimum Gasteiger partial charge on any atom is -0.390 e. The Kier molecular flexibility index (Phi) is 11.8. The number of hydrogen-bond donors (Lipinski definition) is 2. The van der Waals surface area contributed by atoms with Crippen LogP contribution in [0.1, 0.15) is 40.5 Å². The van der Waals surface area contributed by atoms with Crippen LogP contribution in [0.3, 0.4) is 0 Å². The Labute approximate surface area is 112 Å². The van der Waals surface area contributed by atoms with Gasteiger partial charge in [-0.05, 0) is 19.3 Å². The van der Waals surface area contributed by atoms with E-state index in [4.69, 9.17) is 9.47 Å². The van der Waals surface area contributed by atoms with Crippen LogP contribution in [0.5, 0.6) is 0 Å². The van der Waals surface area contributed by atoms with Crippen molar-refractivity contribution in [1.82, 2.24) is 5.32 Å². The summed E-state index contributed by atoms with van der Waals surface area (Å²) >= 11 is 0. The van der Waals surface area contributed by atoms with Crippen LogP contribution in [-0.4, -0.2) is 50.2 Å². The second-order valence-corrected chi connectivity index (χ2v) is 4.90. The van der Waals surface area contributed by atoms with Crippen LogP contribution < -0.4 is 5.32 Å². The van der Waals surface area contributed by atoms with Gasteiger partial charge in [-0.1, -0.05) is 27.2 Å². The lowest BCUT2D eigenvalue weighted by Crippen LogP contribution is -2.29. The summed E-state index contributed by atoms with van der Waals surface area (Å²) in [5.74, 6) is 0.297. The van der Waals surface area contributed by atoms with Gasteiger partial charge in [0.25, 0.3) is 0 Å². The standard InChI is InChI=1S/C14H31NO3/c1-5-12(3)14(16)11-18-10-9-17-8-7-15-13(4)6-2/h12-16H,5-11H2,1-4H3. The van der Waals surface area contributed by atoms with Crippen molar-refractivity contribution in [2.24, 2.45) is 5.92 Å². The van der Waals surface area contributed by atoms with Crippen LogP contribution in [0.25, 0.3) is 0 Å². The monoisotopic (exact) mass is 261 g/mol. The Morgan fingerprint density at radius 1 is 1.00 bits per heavy atom. The predicted molar refractivity (Wildman–Crippen MR) is 74.9 cm³/mol. The highest BCUT2D eigenvalue weighted by Gasteiger charge is 2.11. The first-order chi connectivity index (χ1) is 8.61. The molecule has 4 heteroatoms. The second-order valence-electron chi connectivity index (χ2n) is 4.90. The molecule has 3 atom stereocenters. The molecule has 0 radical (unpaired) electrons. The maximum absolute atomic E-state index is 9.67. The van der Waals surface area contributed by atoms with Gasteiger partial charge in [-0.2, -0.15) is 0 Å². The highest BCUT2D eigenvalue weighted by Crippen LogP contribution is 2.07. The fourth-order valence-corrected chi connectivity index (χ4v) is 1.38. The zero-order valence-electron chi connectivity index (χ0n) is 12.4. The van der Waals surface area contributed by atoms with Crippen LogP contribution in [-0.2, 0) is 9.47 Å². The zero-order valence-corrected chi connectivity index (χ0v) is 12.4. The summed E-state index contributed by atoms with van der Waals surface area (Å²) in [4.78, 5) is 0. The van der Waals surface area contributed by atoms with Gasteiger partial charge in [0.2, 0.25) is 0 Å². The third-order valence-electron chi connectivity index (χ3n) is 3.31. The fourth-order valence-electron chi connectivity index (χ4n) is 1.38. The lowest BCUT2D eigenvalue weighted by atomic mass is 10.0. The van der Waals surface area contributed by atoms with Gasteiger partial charge in [-0.25, -0.2) is 0 Å². The maximum atomic E-state index is 9.67. The van der Waals surface area contributed by atoms with Gasteiger partial charge in [-0.15, -0.1) is 0 Å². The van der Waals surface area contributed by atoms with E-state index in [2.05, 4.69) is 26.1 Å². The molecule has 0 saturated heterocycles. The third kappa shape index (κ3) is 9.83. The van der Waals surface area contributed by atoms with Crippen LogP contribution >= 0.6 is 0 Å². The number of aliphatic hydroxyl groups is 1. The molecule has 0 aliphatic heterocycles. The van der Waals surface area contributed by atoms with Gasteiger partial charge < -0.3 is 19.9 Å². The molecule has 0 aliphatic carbocycles. The molecule has 110 valence electrons. The molecule has 0 aromatic carbocycles. The molecule has 0 fully saturated rings. The molecule has 0 heterocycles. The second kappa shape index (κ2) is 11.9. The van der Waals surface area contributed by atoms with Crippen LogP contribution in [0.4, 0.5) is 0 Å². The fraction of sp³-hybridized carbons (Fsp3) is 1.00. The van der Waals surface area contributed by atoms with E-state index in [9.17, 15) is 5.11 Å². The number of hydrogen-bond acceptors (Lipinski definition) is 4. The molecule has 3 unspecified atom stereocenters. The van der Waals surface area contributed by atoms with Crippen LogP contribution in [0.2, 0.25) is 0 Å². The molecular formula is C14H31NO3. The number of ether oxygens (including phenoxy) is 2. The molecule has 0 spiro atoms. The molecule has 0 aromatic rings. The average molecular weight is 261 g/mol. The van der Waals surface area contributed by atoms with Crippen molar-refractivity contribution in [2.45, 2.75) is 52.7 Å². The highest BCUT2D eigenvalue weighted by atomic mass is 16.5. The number of nitrogens with one attached hydrogen (secondary N) is 1. The molecule has 0 saturated carbocycles. The summed E-state index contributed by atoms with van der Waals surface area (Å²) < 4.78 is 10.8. The van der Waals surface area contributed by atoms with Crippen LogP contribution in [0.15, 0.2) is 0 Å². The normalized spacial score (nSPS) is 16.5. The predicted octanol–water partition coefficient (Wildman–Crippen LogP) is 1.81. The highest BCUT2D eigenvalue weighted by molar-refractivity contribution is 4.61. The quantitative estimate of drug-likeness (QED) is 0.526. The van der Waals surface area contributed by atoms with Crippen molar-refractivity contribution in [3.05, 3.63) is 0 Å². The summed E-state index contributed by atoms with van der Waals surface area (Å²) in [7, 11) is 0. The Hall–Kier alpha value is -0.160. The molecule has 18 heavy (non-hydrogen) atoms. The Bertz CT molecular complexity index is 178. The van der Waals surface area contributed by atoms with E-state index in [0.29, 0.717) is 38.4 Å². The van der Waals surface area contributed by atoms with Crippen LogP contribution in [0, 0.1) is 5.92 Å². The van der Waals surface area contributed by atoms with Gasteiger partial charge in [0, 0.05) is 12.6 Å². The van der Waals surface area contributed by atoms with E-state index in [1.807, 2.05) is 6.92 Å². The average Bonchev–Trinajstić information content (AvgIpc) is 2.39. The van der Waals surface area contributed by atoms with Crippen molar-refractivity contribution in [3.8, 4) is 0 Å².